The standard InChI is InChI=1S/C26H37F3N6O2/c1-30-22(36)9-8-16-11-18(23(17-5-3-6-17)24-32-31-15-33(24)2)13-19(12-16)35-14-21-20(26(27,28)29)7-4-10-34(21)25(35)37/h4,7,10,14,16-19,23-24,31-32H,3,5-6,8-9,11-13,15H2,1-2H3,(H,30,36)/t16?,18?,19?,23-,24?/m1/s1. The summed E-state index contributed by atoms with van der Waals surface area (Å²) in [5, 5.41) is 2.69. The van der Waals surface area contributed by atoms with Crippen LogP contribution in [0.25, 0.3) is 5.52 Å². The molecule has 2 aromatic rings. The van der Waals surface area contributed by atoms with Crippen LogP contribution in [0.1, 0.15) is 63.0 Å². The summed E-state index contributed by atoms with van der Waals surface area (Å²) in [6, 6.07) is 2.08. The zero-order valence-corrected chi connectivity index (χ0v) is 21.4. The van der Waals surface area contributed by atoms with Gasteiger partial charge in [0, 0.05) is 31.9 Å². The fourth-order valence-corrected chi connectivity index (χ4v) is 6.92. The van der Waals surface area contributed by atoms with Crippen molar-refractivity contribution in [3.05, 3.63) is 40.6 Å². The molecule has 1 aliphatic heterocycles. The molecule has 204 valence electrons. The first-order valence-corrected chi connectivity index (χ1v) is 13.4. The van der Waals surface area contributed by atoms with Crippen LogP contribution in [0.3, 0.4) is 0 Å². The van der Waals surface area contributed by atoms with Gasteiger partial charge in [-0.05, 0) is 68.5 Å². The fraction of sp³-hybridized carbons (Fsp3) is 0.692. The van der Waals surface area contributed by atoms with E-state index in [1.165, 1.54) is 42.3 Å². The molecule has 0 spiro atoms. The van der Waals surface area contributed by atoms with Gasteiger partial charge in [-0.2, -0.15) is 13.2 Å². The Kier molecular flexibility index (Phi) is 7.39. The molecule has 3 heterocycles. The fourth-order valence-electron chi connectivity index (χ4n) is 6.92. The van der Waals surface area contributed by atoms with Crippen LogP contribution in [0, 0.1) is 23.7 Å². The minimum absolute atomic E-state index is 0.0165. The Morgan fingerprint density at radius 1 is 1.22 bits per heavy atom. The van der Waals surface area contributed by atoms with Gasteiger partial charge in [0.05, 0.1) is 23.9 Å². The van der Waals surface area contributed by atoms with Gasteiger partial charge in [-0.25, -0.2) is 15.6 Å². The molecular weight excluding hydrogens is 485 g/mol. The lowest BCUT2D eigenvalue weighted by atomic mass is 9.62. The molecule has 0 bridgehead atoms. The van der Waals surface area contributed by atoms with E-state index < -0.39 is 17.4 Å². The van der Waals surface area contributed by atoms with Crippen molar-refractivity contribution in [2.75, 3.05) is 20.8 Å². The molecule has 1 amide bonds. The highest BCUT2D eigenvalue weighted by molar-refractivity contribution is 5.75. The number of alkyl halides is 3. The monoisotopic (exact) mass is 522 g/mol. The molecule has 2 saturated carbocycles. The Morgan fingerprint density at radius 3 is 2.62 bits per heavy atom. The van der Waals surface area contributed by atoms with Gasteiger partial charge in [0.2, 0.25) is 5.91 Å². The number of aromatic nitrogens is 2. The van der Waals surface area contributed by atoms with E-state index in [0.717, 1.165) is 30.0 Å². The van der Waals surface area contributed by atoms with E-state index >= 15 is 0 Å². The number of rotatable bonds is 7. The lowest BCUT2D eigenvalue weighted by Gasteiger charge is -2.47. The third-order valence-electron chi connectivity index (χ3n) is 8.95. The van der Waals surface area contributed by atoms with Crippen molar-refractivity contribution in [3.63, 3.8) is 0 Å². The molecule has 2 aromatic heterocycles. The van der Waals surface area contributed by atoms with E-state index in [0.29, 0.717) is 31.1 Å². The Morgan fingerprint density at radius 2 is 2.00 bits per heavy atom. The smallest absolute Gasteiger partial charge is 0.359 e. The molecule has 4 unspecified atom stereocenters. The van der Waals surface area contributed by atoms with E-state index in [-0.39, 0.29) is 35.5 Å². The van der Waals surface area contributed by atoms with Crippen molar-refractivity contribution in [2.45, 2.75) is 69.8 Å². The Labute approximate surface area is 214 Å². The number of hydrazine groups is 1. The van der Waals surface area contributed by atoms with Crippen LogP contribution in [0.2, 0.25) is 0 Å². The van der Waals surface area contributed by atoms with Crippen molar-refractivity contribution in [3.8, 4) is 0 Å². The summed E-state index contributed by atoms with van der Waals surface area (Å²) in [5.74, 6) is 1.41. The predicted molar refractivity (Wildman–Crippen MR) is 133 cm³/mol. The number of carbonyl (C=O) groups excluding carboxylic acids is 1. The summed E-state index contributed by atoms with van der Waals surface area (Å²) >= 11 is 0. The summed E-state index contributed by atoms with van der Waals surface area (Å²) in [4.78, 5) is 27.7. The van der Waals surface area contributed by atoms with Crippen molar-refractivity contribution < 1.29 is 18.0 Å². The van der Waals surface area contributed by atoms with Crippen LogP contribution in [0.5, 0.6) is 0 Å². The molecule has 1 saturated heterocycles. The molecule has 0 radical (unpaired) electrons. The zero-order chi connectivity index (χ0) is 26.3. The minimum Gasteiger partial charge on any atom is -0.359 e. The van der Waals surface area contributed by atoms with Crippen molar-refractivity contribution >= 4 is 11.4 Å². The minimum atomic E-state index is -4.54. The van der Waals surface area contributed by atoms with E-state index in [1.54, 1.807) is 7.05 Å². The molecule has 8 nitrogen and oxygen atoms in total. The second-order valence-electron chi connectivity index (χ2n) is 11.1. The van der Waals surface area contributed by atoms with Gasteiger partial charge in [-0.15, -0.1) is 0 Å². The highest BCUT2D eigenvalue weighted by Crippen LogP contribution is 2.49. The second-order valence-corrected chi connectivity index (χ2v) is 11.1. The second kappa shape index (κ2) is 10.4. The first kappa shape index (κ1) is 26.2. The average molecular weight is 523 g/mol. The van der Waals surface area contributed by atoms with Gasteiger partial charge in [-0.3, -0.25) is 18.7 Å². The number of hydrogen-bond donors (Lipinski definition) is 3. The molecule has 37 heavy (non-hydrogen) atoms. The van der Waals surface area contributed by atoms with E-state index in [9.17, 15) is 22.8 Å². The van der Waals surface area contributed by atoms with Crippen LogP contribution in [0.4, 0.5) is 13.2 Å². The van der Waals surface area contributed by atoms with E-state index in [4.69, 9.17) is 0 Å². The number of carbonyl (C=O) groups is 1. The summed E-state index contributed by atoms with van der Waals surface area (Å²) < 4.78 is 43.8. The van der Waals surface area contributed by atoms with Crippen LogP contribution in [-0.4, -0.2) is 46.7 Å². The van der Waals surface area contributed by atoms with E-state index in [1.807, 2.05) is 0 Å². The molecule has 3 fully saturated rings. The van der Waals surface area contributed by atoms with Crippen LogP contribution in [0.15, 0.2) is 29.3 Å². The van der Waals surface area contributed by atoms with Gasteiger partial charge in [0.15, 0.2) is 0 Å². The van der Waals surface area contributed by atoms with Crippen molar-refractivity contribution in [2.24, 2.45) is 23.7 Å². The van der Waals surface area contributed by atoms with Crippen LogP contribution < -0.4 is 21.9 Å². The lowest BCUT2D eigenvalue weighted by Crippen LogP contribution is -2.50. The maximum absolute atomic E-state index is 13.7. The lowest BCUT2D eigenvalue weighted by molar-refractivity contribution is -0.136. The topological polar surface area (TPSA) is 82.8 Å². The van der Waals surface area contributed by atoms with E-state index in [2.05, 4.69) is 28.1 Å². The summed E-state index contributed by atoms with van der Waals surface area (Å²) in [7, 11) is 3.72. The normalized spacial score (nSPS) is 28.4. The Balaban J connectivity index is 1.50. The predicted octanol–water partition coefficient (Wildman–Crippen LogP) is 3.34. The van der Waals surface area contributed by atoms with Crippen LogP contribution >= 0.6 is 0 Å². The SMILES string of the molecule is CNC(=O)CCC1CC([C@@H](C2CCC2)C2NNCN2C)CC(n2cc3c(C(F)(F)F)cccn3c2=O)C1. The summed E-state index contributed by atoms with van der Waals surface area (Å²) in [6.45, 7) is 0.745. The van der Waals surface area contributed by atoms with Gasteiger partial charge < -0.3 is 5.32 Å². The number of nitrogens with one attached hydrogen (secondary N) is 3. The molecular formula is C26H37F3N6O2. The van der Waals surface area contributed by atoms with Gasteiger partial charge >= 0.3 is 11.9 Å². The number of pyridine rings is 1. The quantitative estimate of drug-likeness (QED) is 0.520. The number of halogens is 3. The molecule has 5 atom stereocenters. The Bertz CT molecular complexity index is 1170. The largest absolute Gasteiger partial charge is 0.418 e. The molecule has 5 rings (SSSR count). The highest BCUT2D eigenvalue weighted by atomic mass is 19.4. The third kappa shape index (κ3) is 5.18. The zero-order valence-electron chi connectivity index (χ0n) is 21.4. The molecule has 3 aliphatic rings. The van der Waals surface area contributed by atoms with Crippen molar-refractivity contribution in [1.82, 2.24) is 30.0 Å². The highest BCUT2D eigenvalue weighted by Gasteiger charge is 2.45. The average Bonchev–Trinajstić information content (AvgIpc) is 3.41. The molecule has 0 aromatic carbocycles. The first-order valence-electron chi connectivity index (χ1n) is 13.4. The Hall–Kier alpha value is -2.37. The number of amides is 1. The number of imidazole rings is 1. The first-order chi connectivity index (χ1) is 17.7. The number of nitrogens with zero attached hydrogens (tertiary/aromatic N) is 3. The molecule has 3 N–H and O–H groups in total. The van der Waals surface area contributed by atoms with Crippen molar-refractivity contribution in [1.29, 1.82) is 0 Å². The summed E-state index contributed by atoms with van der Waals surface area (Å²) in [5.41, 5.74) is 5.36. The maximum Gasteiger partial charge on any atom is 0.418 e. The maximum atomic E-state index is 13.7. The van der Waals surface area contributed by atoms with Crippen LogP contribution in [-0.2, 0) is 11.0 Å². The number of fused-ring (bicyclic) bond motifs is 1. The molecule has 2 aliphatic carbocycles. The van der Waals surface area contributed by atoms with Gasteiger partial charge in [0.25, 0.3) is 0 Å². The van der Waals surface area contributed by atoms with Gasteiger partial charge in [0.1, 0.15) is 0 Å². The molecule has 11 heteroatoms. The third-order valence-corrected chi connectivity index (χ3v) is 8.95. The number of hydrogen-bond acceptors (Lipinski definition) is 5. The summed E-state index contributed by atoms with van der Waals surface area (Å²) in [6.07, 6.45) is 5.46. The van der Waals surface area contributed by atoms with Gasteiger partial charge in [-0.1, -0.05) is 19.3 Å².